The fraction of sp³-hybridized carbons (Fsp3) is 0.368. The van der Waals surface area contributed by atoms with Gasteiger partial charge >= 0.3 is 0 Å². The Labute approximate surface area is 157 Å². The molecule has 8 heteroatoms. The summed E-state index contributed by atoms with van der Waals surface area (Å²) < 4.78 is 0. The predicted molar refractivity (Wildman–Crippen MR) is 102 cm³/mol. The molecule has 2 amide bonds. The van der Waals surface area contributed by atoms with Crippen molar-refractivity contribution in [3.63, 3.8) is 0 Å². The largest absolute Gasteiger partial charge is 0.348 e. The summed E-state index contributed by atoms with van der Waals surface area (Å²) in [6, 6.07) is 3.42. The molecule has 1 atom stereocenters. The number of carbonyl (C=O) groups is 2. The van der Waals surface area contributed by atoms with Crippen molar-refractivity contribution >= 4 is 22.8 Å². The third-order valence-electron chi connectivity index (χ3n) is 4.56. The van der Waals surface area contributed by atoms with Gasteiger partial charge in [-0.3, -0.25) is 9.59 Å². The van der Waals surface area contributed by atoms with Gasteiger partial charge in [0, 0.05) is 32.3 Å². The van der Waals surface area contributed by atoms with Crippen molar-refractivity contribution in [3.8, 4) is 0 Å². The second-order valence-electron chi connectivity index (χ2n) is 6.87. The van der Waals surface area contributed by atoms with Crippen LogP contribution in [0.4, 0.5) is 0 Å². The maximum Gasteiger partial charge on any atom is 0.245 e. The fourth-order valence-electron chi connectivity index (χ4n) is 3.03. The van der Waals surface area contributed by atoms with E-state index < -0.39 is 6.04 Å². The van der Waals surface area contributed by atoms with E-state index in [0.717, 1.165) is 16.7 Å². The Hall–Kier alpha value is -3.16. The monoisotopic (exact) mass is 368 g/mol. The van der Waals surface area contributed by atoms with E-state index in [2.05, 4.69) is 38.2 Å². The van der Waals surface area contributed by atoms with E-state index in [1.54, 1.807) is 24.5 Å². The van der Waals surface area contributed by atoms with Crippen molar-refractivity contribution in [1.29, 1.82) is 0 Å². The maximum absolute atomic E-state index is 12.9. The number of aromatic amines is 2. The van der Waals surface area contributed by atoms with E-state index in [1.165, 1.54) is 18.1 Å². The molecule has 0 fully saturated rings. The number of carbonyl (C=O) groups excluding carboxylic acids is 2. The summed E-state index contributed by atoms with van der Waals surface area (Å²) in [6.07, 6.45) is 3.54. The van der Waals surface area contributed by atoms with Crippen molar-refractivity contribution in [1.82, 2.24) is 30.2 Å². The van der Waals surface area contributed by atoms with Crippen LogP contribution < -0.4 is 5.32 Å². The van der Waals surface area contributed by atoms with Gasteiger partial charge in [-0.25, -0.2) is 9.97 Å². The normalized spacial score (nSPS) is 12.1. The average Bonchev–Trinajstić information content (AvgIpc) is 3.23. The molecular formula is C19H24N6O2. The molecule has 1 aromatic carbocycles. The Kier molecular flexibility index (Phi) is 5.25. The van der Waals surface area contributed by atoms with Gasteiger partial charge in [-0.15, -0.1) is 0 Å². The van der Waals surface area contributed by atoms with Gasteiger partial charge in [0.05, 0.1) is 23.9 Å². The van der Waals surface area contributed by atoms with Gasteiger partial charge in [0.15, 0.2) is 0 Å². The highest BCUT2D eigenvalue weighted by atomic mass is 16.2. The minimum Gasteiger partial charge on any atom is -0.348 e. The molecular weight excluding hydrogens is 344 g/mol. The molecule has 0 aliphatic heterocycles. The van der Waals surface area contributed by atoms with Crippen LogP contribution in [-0.2, 0) is 22.6 Å². The molecule has 0 saturated carbocycles. The summed E-state index contributed by atoms with van der Waals surface area (Å²) in [7, 11) is 1.70. The molecule has 3 aromatic rings. The lowest BCUT2D eigenvalue weighted by molar-refractivity contribution is -0.135. The number of rotatable bonds is 6. The van der Waals surface area contributed by atoms with E-state index in [1.807, 2.05) is 13.0 Å². The first-order valence-corrected chi connectivity index (χ1v) is 8.78. The first-order chi connectivity index (χ1) is 12.8. The Balaban J connectivity index is 1.75. The lowest BCUT2D eigenvalue weighted by Crippen LogP contribution is -2.47. The van der Waals surface area contributed by atoms with Crippen molar-refractivity contribution in [2.75, 3.05) is 7.05 Å². The number of H-pyrrole nitrogens is 2. The van der Waals surface area contributed by atoms with Gasteiger partial charge < -0.3 is 20.2 Å². The fourth-order valence-corrected chi connectivity index (χ4v) is 3.03. The smallest absolute Gasteiger partial charge is 0.245 e. The second kappa shape index (κ2) is 7.61. The number of likely N-dealkylation sites (N-methyl/N-ethyl adjacent to an activating group) is 1. The van der Waals surface area contributed by atoms with E-state index >= 15 is 0 Å². The Bertz CT molecular complexity index is 921. The van der Waals surface area contributed by atoms with Gasteiger partial charge in [-0.1, -0.05) is 0 Å². The highest BCUT2D eigenvalue weighted by molar-refractivity contribution is 5.87. The Morgan fingerprint density at radius 2 is 2.00 bits per heavy atom. The van der Waals surface area contributed by atoms with Crippen LogP contribution in [0.25, 0.3) is 11.0 Å². The summed E-state index contributed by atoms with van der Waals surface area (Å²) in [6.45, 7) is 5.83. The van der Waals surface area contributed by atoms with Crippen molar-refractivity contribution in [2.45, 2.75) is 39.8 Å². The zero-order valence-electron chi connectivity index (χ0n) is 16.0. The minimum absolute atomic E-state index is 0.187. The maximum atomic E-state index is 12.9. The zero-order valence-corrected chi connectivity index (χ0v) is 16.0. The molecule has 2 aromatic heterocycles. The van der Waals surface area contributed by atoms with Gasteiger partial charge in [-0.05, 0) is 37.1 Å². The molecule has 142 valence electrons. The molecule has 0 unspecified atom stereocenters. The van der Waals surface area contributed by atoms with Crippen LogP contribution >= 0.6 is 0 Å². The topological polar surface area (TPSA) is 107 Å². The van der Waals surface area contributed by atoms with Gasteiger partial charge in [0.25, 0.3) is 0 Å². The SMILES string of the molecule is CC(=O)N[C@@H](Cc1cnc[nH]1)C(=O)N(C)Cc1nc2cc(C)c(C)cc2[nH]1. The lowest BCUT2D eigenvalue weighted by atomic mass is 10.1. The van der Waals surface area contributed by atoms with Crippen LogP contribution in [0.1, 0.15) is 29.6 Å². The lowest BCUT2D eigenvalue weighted by Gasteiger charge is -2.23. The number of nitrogens with zero attached hydrogens (tertiary/aromatic N) is 3. The summed E-state index contributed by atoms with van der Waals surface area (Å²) in [5.41, 5.74) is 4.97. The number of fused-ring (bicyclic) bond motifs is 1. The highest BCUT2D eigenvalue weighted by Gasteiger charge is 2.24. The van der Waals surface area contributed by atoms with Gasteiger partial charge in [0.2, 0.25) is 11.8 Å². The van der Waals surface area contributed by atoms with Crippen LogP contribution in [0.3, 0.4) is 0 Å². The molecule has 3 N–H and O–H groups in total. The average molecular weight is 368 g/mol. The quantitative estimate of drug-likeness (QED) is 0.614. The zero-order chi connectivity index (χ0) is 19.6. The number of aromatic nitrogens is 4. The molecule has 8 nitrogen and oxygen atoms in total. The Morgan fingerprint density at radius 1 is 1.26 bits per heavy atom. The molecule has 0 saturated heterocycles. The van der Waals surface area contributed by atoms with Crippen LogP contribution in [0, 0.1) is 13.8 Å². The van der Waals surface area contributed by atoms with Crippen LogP contribution in [0.15, 0.2) is 24.7 Å². The molecule has 2 heterocycles. The third-order valence-corrected chi connectivity index (χ3v) is 4.56. The number of aryl methyl sites for hydroxylation is 2. The summed E-state index contributed by atoms with van der Waals surface area (Å²) >= 11 is 0. The van der Waals surface area contributed by atoms with Crippen LogP contribution in [-0.4, -0.2) is 49.7 Å². The number of hydrogen-bond donors (Lipinski definition) is 3. The van der Waals surface area contributed by atoms with E-state index in [-0.39, 0.29) is 11.8 Å². The van der Waals surface area contributed by atoms with Gasteiger partial charge in [0.1, 0.15) is 11.9 Å². The highest BCUT2D eigenvalue weighted by Crippen LogP contribution is 2.18. The van der Waals surface area contributed by atoms with E-state index in [9.17, 15) is 9.59 Å². The summed E-state index contributed by atoms with van der Waals surface area (Å²) in [4.78, 5) is 40.7. The number of nitrogens with one attached hydrogen (secondary N) is 3. The first kappa shape index (κ1) is 18.6. The minimum atomic E-state index is -0.665. The van der Waals surface area contributed by atoms with Gasteiger partial charge in [-0.2, -0.15) is 0 Å². The molecule has 27 heavy (non-hydrogen) atoms. The molecule has 0 spiro atoms. The van der Waals surface area contributed by atoms with Crippen molar-refractivity contribution < 1.29 is 9.59 Å². The third kappa shape index (κ3) is 4.33. The second-order valence-corrected chi connectivity index (χ2v) is 6.87. The summed E-state index contributed by atoms with van der Waals surface area (Å²) in [5.74, 6) is 0.262. The first-order valence-electron chi connectivity index (χ1n) is 8.78. The molecule has 0 radical (unpaired) electrons. The standard InChI is InChI=1S/C19H24N6O2/c1-11-5-15-16(6-12(11)2)24-18(23-15)9-25(4)19(27)17(22-13(3)26)7-14-8-20-10-21-14/h5-6,8,10,17H,7,9H2,1-4H3,(H,20,21)(H,22,26)(H,23,24)/t17-/m0/s1. The number of hydrogen-bond acceptors (Lipinski definition) is 4. The molecule has 0 aliphatic rings. The molecule has 0 aliphatic carbocycles. The Morgan fingerprint density at radius 3 is 2.67 bits per heavy atom. The van der Waals surface area contributed by atoms with Crippen molar-refractivity contribution in [2.24, 2.45) is 0 Å². The number of benzene rings is 1. The van der Waals surface area contributed by atoms with Crippen molar-refractivity contribution in [3.05, 3.63) is 47.3 Å². The van der Waals surface area contributed by atoms with Crippen LogP contribution in [0.5, 0.6) is 0 Å². The molecule has 0 bridgehead atoms. The van der Waals surface area contributed by atoms with Crippen LogP contribution in [0.2, 0.25) is 0 Å². The van der Waals surface area contributed by atoms with E-state index in [4.69, 9.17) is 0 Å². The summed E-state index contributed by atoms with van der Waals surface area (Å²) in [5, 5.41) is 2.72. The number of amides is 2. The predicted octanol–water partition coefficient (Wildman–Crippen LogP) is 1.61. The molecule has 3 rings (SSSR count). The van der Waals surface area contributed by atoms with E-state index in [0.29, 0.717) is 18.8 Å². The number of imidazole rings is 2.